The Morgan fingerprint density at radius 1 is 1.16 bits per heavy atom. The van der Waals surface area contributed by atoms with E-state index < -0.39 is 0 Å². The molecule has 1 aromatic carbocycles. The molecule has 1 heterocycles. The van der Waals surface area contributed by atoms with Gasteiger partial charge in [0.2, 0.25) is 0 Å². The minimum Gasteiger partial charge on any atom is -0.305 e. The zero-order valence-corrected chi connectivity index (χ0v) is 12.1. The Kier molecular flexibility index (Phi) is 4.94. The quantitative estimate of drug-likeness (QED) is 0.892. The van der Waals surface area contributed by atoms with Gasteiger partial charge in [0.05, 0.1) is 11.7 Å². The molecule has 1 unspecified atom stereocenters. The van der Waals surface area contributed by atoms with Crippen LogP contribution in [0.25, 0.3) is 0 Å². The smallest absolute Gasteiger partial charge is 0.0768 e. The molecular formula is C16H19ClN2. The maximum absolute atomic E-state index is 6.33. The molecule has 3 heteroatoms. The number of nitrogens with zero attached hydrogens (tertiary/aromatic N) is 1. The fourth-order valence-electron chi connectivity index (χ4n) is 2.28. The molecule has 0 saturated carbocycles. The summed E-state index contributed by atoms with van der Waals surface area (Å²) in [6.07, 6.45) is 2.81. The molecule has 0 amide bonds. The van der Waals surface area contributed by atoms with E-state index in [1.165, 1.54) is 5.56 Å². The first-order valence-corrected chi connectivity index (χ1v) is 7.07. The molecule has 2 rings (SSSR count). The van der Waals surface area contributed by atoms with Crippen LogP contribution in [-0.2, 0) is 6.42 Å². The van der Waals surface area contributed by atoms with E-state index in [0.717, 1.165) is 29.2 Å². The second-order valence-electron chi connectivity index (χ2n) is 4.41. The molecule has 0 bridgehead atoms. The third kappa shape index (κ3) is 3.14. The predicted molar refractivity (Wildman–Crippen MR) is 80.6 cm³/mol. The molecule has 1 N–H and O–H groups in total. The molecule has 2 aromatic rings. The van der Waals surface area contributed by atoms with Crippen molar-refractivity contribution >= 4 is 11.6 Å². The van der Waals surface area contributed by atoms with Crippen LogP contribution < -0.4 is 5.32 Å². The van der Waals surface area contributed by atoms with Crippen molar-refractivity contribution < 1.29 is 0 Å². The Bertz CT molecular complexity index is 540. The Balaban J connectivity index is 2.49. The highest BCUT2D eigenvalue weighted by Crippen LogP contribution is 2.28. The number of hydrogen-bond donors (Lipinski definition) is 1. The second-order valence-corrected chi connectivity index (χ2v) is 4.82. The van der Waals surface area contributed by atoms with Crippen molar-refractivity contribution in [3.63, 3.8) is 0 Å². The summed E-state index contributed by atoms with van der Waals surface area (Å²) in [6, 6.07) is 12.1. The highest BCUT2D eigenvalue weighted by Gasteiger charge is 2.19. The average molecular weight is 275 g/mol. The molecule has 0 saturated heterocycles. The van der Waals surface area contributed by atoms with Gasteiger partial charge in [-0.2, -0.15) is 0 Å². The number of pyridine rings is 1. The van der Waals surface area contributed by atoms with E-state index in [2.05, 4.69) is 36.3 Å². The zero-order chi connectivity index (χ0) is 13.7. The fraction of sp³-hybridized carbons (Fsp3) is 0.312. The Labute approximate surface area is 119 Å². The molecule has 0 fully saturated rings. The van der Waals surface area contributed by atoms with Crippen LogP contribution in [0.3, 0.4) is 0 Å². The van der Waals surface area contributed by atoms with Crippen LogP contribution in [0.15, 0.2) is 42.6 Å². The van der Waals surface area contributed by atoms with Crippen molar-refractivity contribution in [2.45, 2.75) is 26.3 Å². The zero-order valence-electron chi connectivity index (χ0n) is 11.4. The number of rotatable bonds is 5. The number of benzene rings is 1. The summed E-state index contributed by atoms with van der Waals surface area (Å²) in [7, 11) is 0. The van der Waals surface area contributed by atoms with Crippen molar-refractivity contribution in [3.8, 4) is 0 Å². The summed E-state index contributed by atoms with van der Waals surface area (Å²) in [6.45, 7) is 5.12. The summed E-state index contributed by atoms with van der Waals surface area (Å²) in [4.78, 5) is 4.56. The molecule has 0 radical (unpaired) electrons. The van der Waals surface area contributed by atoms with Gasteiger partial charge < -0.3 is 5.32 Å². The molecule has 1 atom stereocenters. The molecule has 2 nitrogen and oxygen atoms in total. The Morgan fingerprint density at radius 2 is 1.95 bits per heavy atom. The van der Waals surface area contributed by atoms with E-state index in [9.17, 15) is 0 Å². The van der Waals surface area contributed by atoms with Gasteiger partial charge in [0.15, 0.2) is 0 Å². The van der Waals surface area contributed by atoms with Gasteiger partial charge in [0.1, 0.15) is 0 Å². The lowest BCUT2D eigenvalue weighted by Gasteiger charge is -2.21. The summed E-state index contributed by atoms with van der Waals surface area (Å²) in [5.74, 6) is 0. The first-order valence-electron chi connectivity index (χ1n) is 6.69. The van der Waals surface area contributed by atoms with Crippen LogP contribution in [0.5, 0.6) is 0 Å². The molecule has 0 spiro atoms. The normalized spacial score (nSPS) is 12.4. The second kappa shape index (κ2) is 6.69. The number of hydrogen-bond acceptors (Lipinski definition) is 2. The van der Waals surface area contributed by atoms with Gasteiger partial charge in [-0.05, 0) is 36.2 Å². The standard InChI is InChI=1S/C16H19ClN2/c1-3-12-8-7-11-19-15(12)16(18-4-2)13-9-5-6-10-14(13)17/h5-11,16,18H,3-4H2,1-2H3. The van der Waals surface area contributed by atoms with Crippen LogP contribution in [0.4, 0.5) is 0 Å². The highest BCUT2D eigenvalue weighted by molar-refractivity contribution is 6.31. The lowest BCUT2D eigenvalue weighted by molar-refractivity contribution is 0.609. The first-order chi connectivity index (χ1) is 9.27. The summed E-state index contributed by atoms with van der Waals surface area (Å²) in [5.41, 5.74) is 3.41. The molecular weight excluding hydrogens is 256 g/mol. The topological polar surface area (TPSA) is 24.9 Å². The average Bonchev–Trinajstić information content (AvgIpc) is 2.46. The molecule has 0 aliphatic rings. The van der Waals surface area contributed by atoms with Gasteiger partial charge in [0.25, 0.3) is 0 Å². The first kappa shape index (κ1) is 14.0. The molecule has 100 valence electrons. The van der Waals surface area contributed by atoms with Crippen LogP contribution in [0, 0.1) is 0 Å². The van der Waals surface area contributed by atoms with Crippen LogP contribution in [-0.4, -0.2) is 11.5 Å². The lowest BCUT2D eigenvalue weighted by atomic mass is 9.98. The van der Waals surface area contributed by atoms with Crippen LogP contribution in [0.1, 0.15) is 36.7 Å². The number of nitrogens with one attached hydrogen (secondary N) is 1. The van der Waals surface area contributed by atoms with E-state index in [0.29, 0.717) is 0 Å². The Morgan fingerprint density at radius 3 is 2.63 bits per heavy atom. The van der Waals surface area contributed by atoms with Crippen molar-refractivity contribution in [2.75, 3.05) is 6.54 Å². The highest BCUT2D eigenvalue weighted by atomic mass is 35.5. The predicted octanol–water partition coefficient (Wildman–Crippen LogP) is 4.00. The number of aromatic nitrogens is 1. The minimum absolute atomic E-state index is 0.0508. The lowest BCUT2D eigenvalue weighted by Crippen LogP contribution is -2.24. The SMILES string of the molecule is CCNC(c1ccccc1Cl)c1ncccc1CC. The van der Waals surface area contributed by atoms with E-state index in [4.69, 9.17) is 11.6 Å². The monoisotopic (exact) mass is 274 g/mol. The summed E-state index contributed by atoms with van der Waals surface area (Å²) >= 11 is 6.33. The minimum atomic E-state index is 0.0508. The summed E-state index contributed by atoms with van der Waals surface area (Å²) in [5, 5.41) is 4.26. The van der Waals surface area contributed by atoms with Crippen molar-refractivity contribution in [2.24, 2.45) is 0 Å². The van der Waals surface area contributed by atoms with Gasteiger partial charge in [-0.3, -0.25) is 4.98 Å². The van der Waals surface area contributed by atoms with Crippen LogP contribution >= 0.6 is 11.6 Å². The van der Waals surface area contributed by atoms with Gasteiger partial charge >= 0.3 is 0 Å². The molecule has 0 aliphatic heterocycles. The Hall–Kier alpha value is -1.38. The van der Waals surface area contributed by atoms with Crippen molar-refractivity contribution in [1.29, 1.82) is 0 Å². The van der Waals surface area contributed by atoms with Crippen molar-refractivity contribution in [1.82, 2.24) is 10.3 Å². The molecule has 19 heavy (non-hydrogen) atoms. The van der Waals surface area contributed by atoms with Gasteiger partial charge in [0, 0.05) is 11.2 Å². The van der Waals surface area contributed by atoms with Gasteiger partial charge in [-0.1, -0.05) is 49.7 Å². The number of aryl methyl sites for hydroxylation is 1. The third-order valence-corrected chi connectivity index (χ3v) is 3.55. The summed E-state index contributed by atoms with van der Waals surface area (Å²) < 4.78 is 0. The molecule has 1 aromatic heterocycles. The largest absolute Gasteiger partial charge is 0.305 e. The van der Waals surface area contributed by atoms with E-state index in [1.807, 2.05) is 30.5 Å². The maximum atomic E-state index is 6.33. The third-order valence-electron chi connectivity index (χ3n) is 3.20. The maximum Gasteiger partial charge on any atom is 0.0768 e. The van der Waals surface area contributed by atoms with E-state index in [-0.39, 0.29) is 6.04 Å². The van der Waals surface area contributed by atoms with Crippen molar-refractivity contribution in [3.05, 3.63) is 64.4 Å². The molecule has 0 aliphatic carbocycles. The van der Waals surface area contributed by atoms with Gasteiger partial charge in [-0.25, -0.2) is 0 Å². The van der Waals surface area contributed by atoms with Crippen LogP contribution in [0.2, 0.25) is 5.02 Å². The van der Waals surface area contributed by atoms with E-state index >= 15 is 0 Å². The number of halogens is 1. The fourth-order valence-corrected chi connectivity index (χ4v) is 2.52. The van der Waals surface area contributed by atoms with E-state index in [1.54, 1.807) is 0 Å². The van der Waals surface area contributed by atoms with Gasteiger partial charge in [-0.15, -0.1) is 0 Å².